The number of carbonyl (C=O) groups excluding carboxylic acids is 1. The van der Waals surface area contributed by atoms with Crippen LogP contribution in [-0.2, 0) is 14.2 Å². The van der Waals surface area contributed by atoms with Crippen LogP contribution in [0.25, 0.3) is 11.1 Å². The van der Waals surface area contributed by atoms with E-state index in [-0.39, 0.29) is 12.0 Å². The first kappa shape index (κ1) is 35.1. The van der Waals surface area contributed by atoms with Crippen LogP contribution in [0.15, 0.2) is 48.5 Å². The highest BCUT2D eigenvalue weighted by Crippen LogP contribution is 2.44. The Bertz CT molecular complexity index is 963. The van der Waals surface area contributed by atoms with Gasteiger partial charge in [0.2, 0.25) is 0 Å². The summed E-state index contributed by atoms with van der Waals surface area (Å²) in [5, 5.41) is 0. The Labute approximate surface area is 262 Å². The Morgan fingerprint density at radius 3 is 1.56 bits per heavy atom. The lowest BCUT2D eigenvalue weighted by atomic mass is 9.98. The molecule has 1 aliphatic carbocycles. The molecule has 0 saturated carbocycles. The number of hydrogen-bond acceptors (Lipinski definition) is 4. The van der Waals surface area contributed by atoms with E-state index >= 15 is 0 Å². The van der Waals surface area contributed by atoms with Gasteiger partial charge < -0.3 is 19.1 Å². The number of fused-ring (bicyclic) bond motifs is 3. The lowest BCUT2D eigenvalue weighted by Gasteiger charge is -2.19. The molecule has 0 aromatic heterocycles. The van der Waals surface area contributed by atoms with Gasteiger partial charge in [-0.25, -0.2) is 4.79 Å². The monoisotopic (exact) mass is 593 g/mol. The van der Waals surface area contributed by atoms with Crippen molar-refractivity contribution in [2.45, 2.75) is 116 Å². The molecular weight excluding hydrogens is 534 g/mol. The molecule has 240 valence electrons. The van der Waals surface area contributed by atoms with Crippen molar-refractivity contribution in [3.63, 3.8) is 0 Å². The SMILES string of the molecule is CCCCCCCCCCCCCCCCCCOCCOCCN(C)C(=O)OCC1c2ccccc2-c2ccccc21. The van der Waals surface area contributed by atoms with E-state index in [1.54, 1.807) is 11.9 Å². The molecular formula is C38H59NO4. The minimum atomic E-state index is -0.315. The number of amides is 1. The number of carbonyl (C=O) groups is 1. The molecule has 43 heavy (non-hydrogen) atoms. The quantitative estimate of drug-likeness (QED) is 0.107. The topological polar surface area (TPSA) is 48.0 Å². The van der Waals surface area contributed by atoms with Gasteiger partial charge >= 0.3 is 6.09 Å². The first-order chi connectivity index (χ1) is 21.2. The minimum absolute atomic E-state index is 0.0764. The van der Waals surface area contributed by atoms with E-state index in [1.807, 2.05) is 12.1 Å². The van der Waals surface area contributed by atoms with Crippen molar-refractivity contribution in [2.75, 3.05) is 46.6 Å². The van der Waals surface area contributed by atoms with Gasteiger partial charge in [-0.3, -0.25) is 0 Å². The average Bonchev–Trinajstić information content (AvgIpc) is 3.35. The van der Waals surface area contributed by atoms with Crippen molar-refractivity contribution in [1.29, 1.82) is 0 Å². The van der Waals surface area contributed by atoms with Gasteiger partial charge in [0.25, 0.3) is 0 Å². The molecule has 0 spiro atoms. The number of likely N-dealkylation sites (N-methyl/N-ethyl adjacent to an activating group) is 1. The van der Waals surface area contributed by atoms with Crippen molar-refractivity contribution in [3.8, 4) is 11.1 Å². The standard InChI is InChI=1S/C38H59NO4/c1-3-4-5-6-7-8-9-10-11-12-13-14-15-16-17-22-28-41-30-31-42-29-27-39(2)38(40)43-32-37-35-25-20-18-23-33(35)34-24-19-21-26-36(34)37/h18-21,23-26,37H,3-17,22,27-32H2,1-2H3. The highest BCUT2D eigenvalue weighted by molar-refractivity contribution is 5.79. The Balaban J connectivity index is 1.08. The fraction of sp³-hybridized carbons (Fsp3) is 0.658. The molecule has 0 aliphatic heterocycles. The third kappa shape index (κ3) is 13.4. The lowest BCUT2D eigenvalue weighted by molar-refractivity contribution is 0.0371. The first-order valence-electron chi connectivity index (χ1n) is 17.4. The predicted molar refractivity (Wildman–Crippen MR) is 179 cm³/mol. The minimum Gasteiger partial charge on any atom is -0.448 e. The van der Waals surface area contributed by atoms with E-state index in [0.29, 0.717) is 33.0 Å². The Kier molecular flexibility index (Phi) is 18.1. The van der Waals surface area contributed by atoms with Crippen LogP contribution in [0.5, 0.6) is 0 Å². The smallest absolute Gasteiger partial charge is 0.409 e. The summed E-state index contributed by atoms with van der Waals surface area (Å²) in [6.45, 7) is 5.56. The van der Waals surface area contributed by atoms with E-state index in [0.717, 1.165) is 13.0 Å². The summed E-state index contributed by atoms with van der Waals surface area (Å²) in [6, 6.07) is 16.8. The first-order valence-corrected chi connectivity index (χ1v) is 17.4. The number of ether oxygens (including phenoxy) is 3. The number of unbranched alkanes of at least 4 members (excludes halogenated alkanes) is 15. The number of rotatable bonds is 25. The van der Waals surface area contributed by atoms with Gasteiger partial charge in [-0.2, -0.15) is 0 Å². The molecule has 5 heteroatoms. The molecule has 0 heterocycles. The second kappa shape index (κ2) is 22.2. The maximum Gasteiger partial charge on any atom is 0.409 e. The van der Waals surface area contributed by atoms with E-state index in [2.05, 4.69) is 43.3 Å². The molecule has 2 aromatic rings. The largest absolute Gasteiger partial charge is 0.448 e. The normalized spacial score (nSPS) is 12.3. The Morgan fingerprint density at radius 1 is 0.605 bits per heavy atom. The number of nitrogens with zero attached hydrogens (tertiary/aromatic N) is 1. The highest BCUT2D eigenvalue weighted by Gasteiger charge is 2.29. The van der Waals surface area contributed by atoms with Gasteiger partial charge in [-0.15, -0.1) is 0 Å². The summed E-state index contributed by atoms with van der Waals surface area (Å²) in [5.74, 6) is 0.0764. The van der Waals surface area contributed by atoms with E-state index in [4.69, 9.17) is 14.2 Å². The zero-order valence-corrected chi connectivity index (χ0v) is 27.3. The molecule has 0 bridgehead atoms. The lowest BCUT2D eigenvalue weighted by Crippen LogP contribution is -2.32. The third-order valence-electron chi connectivity index (χ3n) is 8.73. The summed E-state index contributed by atoms with van der Waals surface area (Å²) in [6.07, 6.45) is 21.8. The van der Waals surface area contributed by atoms with Gasteiger partial charge in [-0.05, 0) is 28.7 Å². The van der Waals surface area contributed by atoms with Crippen LogP contribution in [0.1, 0.15) is 127 Å². The molecule has 0 saturated heterocycles. The van der Waals surface area contributed by atoms with Crippen LogP contribution in [0, 0.1) is 0 Å². The summed E-state index contributed by atoms with van der Waals surface area (Å²) in [7, 11) is 1.76. The molecule has 0 radical (unpaired) electrons. The zero-order valence-electron chi connectivity index (χ0n) is 27.3. The average molecular weight is 594 g/mol. The van der Waals surface area contributed by atoms with Gasteiger partial charge in [0.1, 0.15) is 6.61 Å². The predicted octanol–water partition coefficient (Wildman–Crippen LogP) is 10.2. The molecule has 0 unspecified atom stereocenters. The molecule has 3 rings (SSSR count). The van der Waals surface area contributed by atoms with Crippen molar-refractivity contribution in [1.82, 2.24) is 4.90 Å². The van der Waals surface area contributed by atoms with Crippen molar-refractivity contribution in [3.05, 3.63) is 59.7 Å². The van der Waals surface area contributed by atoms with Gasteiger partial charge in [0.05, 0.1) is 19.8 Å². The van der Waals surface area contributed by atoms with Crippen molar-refractivity contribution < 1.29 is 19.0 Å². The van der Waals surface area contributed by atoms with Crippen LogP contribution in [-0.4, -0.2) is 57.6 Å². The molecule has 2 aromatic carbocycles. The maximum absolute atomic E-state index is 12.6. The second-order valence-corrected chi connectivity index (χ2v) is 12.3. The zero-order chi connectivity index (χ0) is 30.4. The van der Waals surface area contributed by atoms with E-state index < -0.39 is 0 Å². The summed E-state index contributed by atoms with van der Waals surface area (Å²) < 4.78 is 17.1. The Morgan fingerprint density at radius 2 is 1.05 bits per heavy atom. The van der Waals surface area contributed by atoms with Crippen LogP contribution in [0.3, 0.4) is 0 Å². The highest BCUT2D eigenvalue weighted by atomic mass is 16.6. The third-order valence-corrected chi connectivity index (χ3v) is 8.73. The molecule has 0 N–H and O–H groups in total. The summed E-state index contributed by atoms with van der Waals surface area (Å²) in [4.78, 5) is 14.2. The molecule has 1 aliphatic rings. The number of hydrogen-bond donors (Lipinski definition) is 0. The summed E-state index contributed by atoms with van der Waals surface area (Å²) in [5.41, 5.74) is 4.92. The van der Waals surface area contributed by atoms with Crippen LogP contribution in [0.2, 0.25) is 0 Å². The van der Waals surface area contributed by atoms with E-state index in [9.17, 15) is 4.79 Å². The van der Waals surface area contributed by atoms with Gasteiger partial charge in [0.15, 0.2) is 0 Å². The van der Waals surface area contributed by atoms with Crippen molar-refractivity contribution >= 4 is 6.09 Å². The van der Waals surface area contributed by atoms with Crippen LogP contribution < -0.4 is 0 Å². The van der Waals surface area contributed by atoms with Crippen LogP contribution in [0.4, 0.5) is 4.79 Å². The van der Waals surface area contributed by atoms with Crippen LogP contribution >= 0.6 is 0 Å². The van der Waals surface area contributed by atoms with Gasteiger partial charge in [0, 0.05) is 26.1 Å². The fourth-order valence-electron chi connectivity index (χ4n) is 6.07. The van der Waals surface area contributed by atoms with Gasteiger partial charge in [-0.1, -0.05) is 152 Å². The van der Waals surface area contributed by atoms with E-state index in [1.165, 1.54) is 119 Å². The molecule has 0 atom stereocenters. The second-order valence-electron chi connectivity index (χ2n) is 12.3. The Hall–Kier alpha value is -2.37. The molecule has 5 nitrogen and oxygen atoms in total. The molecule has 0 fully saturated rings. The molecule has 1 amide bonds. The fourth-order valence-corrected chi connectivity index (χ4v) is 6.07. The van der Waals surface area contributed by atoms with Crippen molar-refractivity contribution in [2.24, 2.45) is 0 Å². The number of benzene rings is 2. The summed E-state index contributed by atoms with van der Waals surface area (Å²) >= 11 is 0. The maximum atomic E-state index is 12.6.